The minimum absolute atomic E-state index is 0.0773. The highest BCUT2D eigenvalue weighted by molar-refractivity contribution is 7.89. The van der Waals surface area contributed by atoms with Crippen molar-refractivity contribution in [2.24, 2.45) is 7.05 Å². The quantitative estimate of drug-likeness (QED) is 0.312. The van der Waals surface area contributed by atoms with Crippen LogP contribution >= 0.6 is 0 Å². The van der Waals surface area contributed by atoms with Gasteiger partial charge in [0.1, 0.15) is 6.04 Å². The van der Waals surface area contributed by atoms with Crippen molar-refractivity contribution in [3.8, 4) is 0 Å². The SMILES string of the molecule is Cn1cnc(S(=O)(=O)N2C[C@@H]3C[C@H]2[C@@H]2C(=O)N(c4ccc([N+](=O)[O-])c5ccccc45)C(=O)N32)c1. The Bertz CT molecular complexity index is 1520. The lowest BCUT2D eigenvalue weighted by molar-refractivity contribution is -0.383. The third-order valence-electron chi connectivity index (χ3n) is 6.79. The van der Waals surface area contributed by atoms with E-state index in [0.29, 0.717) is 17.2 Å². The minimum atomic E-state index is -3.94. The summed E-state index contributed by atoms with van der Waals surface area (Å²) < 4.78 is 29.2. The van der Waals surface area contributed by atoms with Crippen molar-refractivity contribution in [2.75, 3.05) is 11.4 Å². The summed E-state index contributed by atoms with van der Waals surface area (Å²) in [5, 5.41) is 12.1. The Labute approximate surface area is 193 Å². The predicted molar refractivity (Wildman–Crippen MR) is 118 cm³/mol. The molecule has 0 aliphatic carbocycles. The van der Waals surface area contributed by atoms with Gasteiger partial charge in [0.05, 0.1) is 28.4 Å². The van der Waals surface area contributed by atoms with Crippen molar-refractivity contribution in [3.63, 3.8) is 0 Å². The van der Waals surface area contributed by atoms with Crippen molar-refractivity contribution in [1.29, 1.82) is 0 Å². The van der Waals surface area contributed by atoms with E-state index in [4.69, 9.17) is 0 Å². The van der Waals surface area contributed by atoms with E-state index in [0.717, 1.165) is 4.90 Å². The Morgan fingerprint density at radius 2 is 1.85 bits per heavy atom. The molecular formula is C21H18N6O6S. The number of carbonyl (C=O) groups is 2. The lowest BCUT2D eigenvalue weighted by atomic mass is 10.1. The van der Waals surface area contributed by atoms with Gasteiger partial charge < -0.3 is 9.47 Å². The van der Waals surface area contributed by atoms with E-state index < -0.39 is 45.0 Å². The van der Waals surface area contributed by atoms with Crippen LogP contribution in [0.4, 0.5) is 16.2 Å². The van der Waals surface area contributed by atoms with Crippen molar-refractivity contribution < 1.29 is 22.9 Å². The topological polar surface area (TPSA) is 139 Å². The van der Waals surface area contributed by atoms with Crippen LogP contribution in [0.15, 0.2) is 53.9 Å². The number of benzene rings is 2. The van der Waals surface area contributed by atoms with Gasteiger partial charge in [-0.25, -0.2) is 23.1 Å². The van der Waals surface area contributed by atoms with E-state index in [1.807, 2.05) is 0 Å². The summed E-state index contributed by atoms with van der Waals surface area (Å²) in [7, 11) is -2.28. The maximum Gasteiger partial charge on any atom is 0.332 e. The molecule has 174 valence electrons. The maximum atomic E-state index is 13.6. The van der Waals surface area contributed by atoms with Crippen LogP contribution in [0.2, 0.25) is 0 Å². The van der Waals surface area contributed by atoms with Crippen LogP contribution in [0, 0.1) is 10.1 Å². The number of imide groups is 1. The number of hydrogen-bond acceptors (Lipinski definition) is 7. The number of nitrogens with zero attached hydrogens (tertiary/aromatic N) is 6. The molecule has 0 saturated carbocycles. The molecule has 4 heterocycles. The molecule has 0 unspecified atom stereocenters. The lowest BCUT2D eigenvalue weighted by Crippen LogP contribution is -2.54. The van der Waals surface area contributed by atoms with E-state index in [-0.39, 0.29) is 22.9 Å². The monoisotopic (exact) mass is 482 g/mol. The number of aromatic nitrogens is 2. The van der Waals surface area contributed by atoms with Crippen LogP contribution in [0.3, 0.4) is 0 Å². The number of piperazine rings is 1. The molecule has 3 atom stereocenters. The van der Waals surface area contributed by atoms with Crippen molar-refractivity contribution >= 4 is 44.1 Å². The number of non-ortho nitro benzene ring substituents is 1. The molecule has 3 fully saturated rings. The minimum Gasteiger partial charge on any atom is -0.339 e. The van der Waals surface area contributed by atoms with Gasteiger partial charge in [0.25, 0.3) is 21.6 Å². The van der Waals surface area contributed by atoms with E-state index in [1.165, 1.54) is 38.4 Å². The Morgan fingerprint density at radius 1 is 1.12 bits per heavy atom. The highest BCUT2D eigenvalue weighted by atomic mass is 32.2. The number of fused-ring (bicyclic) bond motifs is 6. The second-order valence-corrected chi connectivity index (χ2v) is 10.5. The molecule has 2 bridgehead atoms. The summed E-state index contributed by atoms with van der Waals surface area (Å²) in [4.78, 5) is 44.3. The van der Waals surface area contributed by atoms with Gasteiger partial charge in [0, 0.05) is 37.3 Å². The molecular weight excluding hydrogens is 464 g/mol. The molecule has 0 spiro atoms. The lowest BCUT2D eigenvalue weighted by Gasteiger charge is -2.33. The van der Waals surface area contributed by atoms with Crippen LogP contribution < -0.4 is 4.90 Å². The number of amides is 3. The average Bonchev–Trinajstić information content (AvgIpc) is 3.57. The number of urea groups is 1. The first-order valence-corrected chi connectivity index (χ1v) is 12.0. The highest BCUT2D eigenvalue weighted by Crippen LogP contribution is 2.45. The summed E-state index contributed by atoms with van der Waals surface area (Å²) in [6, 6.07) is 6.51. The summed E-state index contributed by atoms with van der Waals surface area (Å²) in [6.45, 7) is 0.0773. The van der Waals surface area contributed by atoms with Gasteiger partial charge in [-0.05, 0) is 18.6 Å². The standard InChI is InChI=1S/C21H18N6O6S/c1-23-10-18(22-11-23)34(32,33)24-9-12-8-17(24)19-20(28)26(21(29)25(12)19)15-6-7-16(27(30)31)14-5-3-2-4-13(14)15/h2-7,10-12,17,19H,8-9H2,1H3/t12-,17-,19+/m0/s1. The average molecular weight is 482 g/mol. The molecule has 34 heavy (non-hydrogen) atoms. The van der Waals surface area contributed by atoms with Gasteiger partial charge in [0.15, 0.2) is 5.03 Å². The van der Waals surface area contributed by atoms with E-state index in [9.17, 15) is 28.1 Å². The Morgan fingerprint density at radius 3 is 2.53 bits per heavy atom. The fourth-order valence-electron chi connectivity index (χ4n) is 5.38. The van der Waals surface area contributed by atoms with Gasteiger partial charge in [-0.1, -0.05) is 18.2 Å². The summed E-state index contributed by atoms with van der Waals surface area (Å²) in [5.74, 6) is -0.544. The van der Waals surface area contributed by atoms with Gasteiger partial charge in [0.2, 0.25) is 0 Å². The molecule has 12 nitrogen and oxygen atoms in total. The number of hydrogen-bond donors (Lipinski definition) is 0. The zero-order valence-electron chi connectivity index (χ0n) is 17.8. The Kier molecular flexibility index (Phi) is 4.17. The molecule has 6 rings (SSSR count). The number of anilines is 1. The van der Waals surface area contributed by atoms with Gasteiger partial charge in [-0.2, -0.15) is 4.31 Å². The molecule has 3 aromatic rings. The van der Waals surface area contributed by atoms with Gasteiger partial charge in [-0.3, -0.25) is 14.9 Å². The van der Waals surface area contributed by atoms with Crippen molar-refractivity contribution in [3.05, 3.63) is 59.0 Å². The first-order chi connectivity index (χ1) is 16.2. The Hall–Kier alpha value is -3.84. The van der Waals surface area contributed by atoms with Crippen LogP contribution in [-0.2, 0) is 21.9 Å². The fraction of sp³-hybridized carbons (Fsp3) is 0.286. The van der Waals surface area contributed by atoms with E-state index in [2.05, 4.69) is 4.98 Å². The molecule has 3 amide bonds. The molecule has 3 aliphatic rings. The van der Waals surface area contributed by atoms with E-state index >= 15 is 0 Å². The van der Waals surface area contributed by atoms with Crippen LogP contribution in [0.1, 0.15) is 6.42 Å². The molecule has 2 aromatic carbocycles. The summed E-state index contributed by atoms with van der Waals surface area (Å²) >= 11 is 0. The molecule has 0 radical (unpaired) electrons. The third-order valence-corrected chi connectivity index (χ3v) is 8.56. The normalized spacial score (nSPS) is 24.4. The number of aryl methyl sites for hydroxylation is 1. The number of nitro benzene ring substituents is 1. The number of imidazole rings is 1. The summed E-state index contributed by atoms with van der Waals surface area (Å²) in [5.41, 5.74) is 0.107. The van der Waals surface area contributed by atoms with E-state index in [1.54, 1.807) is 31.3 Å². The van der Waals surface area contributed by atoms with Gasteiger partial charge in [-0.15, -0.1) is 0 Å². The van der Waals surface area contributed by atoms with Crippen LogP contribution in [0.5, 0.6) is 0 Å². The second kappa shape index (κ2) is 6.84. The maximum absolute atomic E-state index is 13.6. The van der Waals surface area contributed by atoms with Crippen molar-refractivity contribution in [1.82, 2.24) is 18.8 Å². The highest BCUT2D eigenvalue weighted by Gasteiger charge is 2.64. The largest absolute Gasteiger partial charge is 0.339 e. The Balaban J connectivity index is 1.40. The molecule has 1 aromatic heterocycles. The first-order valence-electron chi connectivity index (χ1n) is 10.5. The number of sulfonamides is 1. The number of nitro groups is 1. The molecule has 3 saturated heterocycles. The fourth-order valence-corrected chi connectivity index (χ4v) is 7.02. The molecule has 0 N–H and O–H groups in total. The molecule has 13 heteroatoms. The smallest absolute Gasteiger partial charge is 0.332 e. The second-order valence-electron chi connectivity index (χ2n) is 8.62. The van der Waals surface area contributed by atoms with Crippen LogP contribution in [-0.4, -0.2) is 68.7 Å². The third kappa shape index (κ3) is 2.61. The van der Waals surface area contributed by atoms with Gasteiger partial charge >= 0.3 is 6.03 Å². The predicted octanol–water partition coefficient (Wildman–Crippen LogP) is 1.46. The number of rotatable bonds is 4. The number of carbonyl (C=O) groups excluding carboxylic acids is 2. The first kappa shape index (κ1) is 20.7. The summed E-state index contributed by atoms with van der Waals surface area (Å²) in [6.07, 6.45) is 3.15. The van der Waals surface area contributed by atoms with Crippen molar-refractivity contribution in [2.45, 2.75) is 29.6 Å². The zero-order valence-corrected chi connectivity index (χ0v) is 18.6. The zero-order chi connectivity index (χ0) is 23.9. The molecule has 3 aliphatic heterocycles. The van der Waals surface area contributed by atoms with Crippen LogP contribution in [0.25, 0.3) is 10.8 Å².